The van der Waals surface area contributed by atoms with Crippen LogP contribution in [0.5, 0.6) is 11.6 Å². The lowest BCUT2D eigenvalue weighted by molar-refractivity contribution is -0.152. The summed E-state index contributed by atoms with van der Waals surface area (Å²) in [5, 5.41) is 6.90. The highest BCUT2D eigenvalue weighted by Crippen LogP contribution is 2.48. The first-order valence-corrected chi connectivity index (χ1v) is 22.1. The van der Waals surface area contributed by atoms with Crippen LogP contribution in [0.15, 0.2) is 36.4 Å². The van der Waals surface area contributed by atoms with Crippen LogP contribution in [0.25, 0.3) is 10.8 Å². The standard InChI is InChI=1S/C42H55F2N5O9S/c1-24-12-7-8-13-26-22-42(26,37(52)48-59(54,55)40(5)17-18-40)47-34(50)31-21-27(57-35-29-15-10-9-14-28(29)33-30(45-35)16-11-19-56-33)23-49(31)36(51)32(25(2)20-24)46-38(53)58-39(3,4)41(6,43)44/h8-10,13-15,24-27,31-32H,7,11-12,16-23H2,1-6H3,(H,46,53)(H,47,50)(H,48,52)/b13-8-/t24-,25-,26?,27-,31+,32?,42-/m1/s1. The second-order valence-corrected chi connectivity index (χ2v) is 20.3. The molecule has 3 fully saturated rings. The minimum atomic E-state index is -4.05. The quantitative estimate of drug-likeness (QED) is 0.294. The number of halogens is 2. The molecule has 5 aliphatic rings. The van der Waals surface area contributed by atoms with E-state index in [1.807, 2.05) is 43.3 Å². The number of carbonyl (C=O) groups excluding carboxylic acids is 4. The molecule has 0 bridgehead atoms. The number of benzene rings is 1. The number of carbonyl (C=O) groups is 4. The van der Waals surface area contributed by atoms with Gasteiger partial charge in [0.05, 0.1) is 23.6 Å². The van der Waals surface area contributed by atoms with Crippen LogP contribution in [0.4, 0.5) is 13.6 Å². The van der Waals surface area contributed by atoms with E-state index in [4.69, 9.17) is 19.2 Å². The molecule has 7 atom stereocenters. The highest BCUT2D eigenvalue weighted by atomic mass is 32.2. The minimum Gasteiger partial charge on any atom is -0.491 e. The number of alkyl carbamates (subject to hydrolysis) is 1. The summed E-state index contributed by atoms with van der Waals surface area (Å²) < 4.78 is 74.3. The van der Waals surface area contributed by atoms with Crippen LogP contribution in [0.1, 0.15) is 98.6 Å². The van der Waals surface area contributed by atoms with E-state index in [-0.39, 0.29) is 31.2 Å². The Morgan fingerprint density at radius 2 is 1.80 bits per heavy atom. The normalized spacial score (nSPS) is 30.2. The van der Waals surface area contributed by atoms with E-state index in [0.717, 1.165) is 25.7 Å². The van der Waals surface area contributed by atoms with Gasteiger partial charge in [-0.25, -0.2) is 27.0 Å². The molecule has 322 valence electrons. The second-order valence-electron chi connectivity index (χ2n) is 18.1. The Morgan fingerprint density at radius 1 is 1.08 bits per heavy atom. The number of fused-ring (bicyclic) bond motifs is 5. The lowest BCUT2D eigenvalue weighted by atomic mass is 9.88. The molecular formula is C42H55F2N5O9S. The molecule has 59 heavy (non-hydrogen) atoms. The molecule has 1 aromatic carbocycles. The molecule has 0 spiro atoms. The van der Waals surface area contributed by atoms with E-state index in [2.05, 4.69) is 15.4 Å². The zero-order valence-electron chi connectivity index (χ0n) is 34.4. The number of allylic oxidation sites excluding steroid dienone is 1. The lowest BCUT2D eigenvalue weighted by Gasteiger charge is -2.35. The number of rotatable bonds is 8. The summed E-state index contributed by atoms with van der Waals surface area (Å²) in [5.41, 5.74) is -3.10. The fourth-order valence-electron chi connectivity index (χ4n) is 8.32. The molecule has 17 heteroatoms. The van der Waals surface area contributed by atoms with Crippen LogP contribution >= 0.6 is 0 Å². The zero-order chi connectivity index (χ0) is 42.7. The van der Waals surface area contributed by atoms with Crippen LogP contribution in [0, 0.1) is 17.8 Å². The highest BCUT2D eigenvalue weighted by molar-refractivity contribution is 7.91. The first kappa shape index (κ1) is 42.6. The number of aromatic nitrogens is 1. The molecule has 3 N–H and O–H groups in total. The molecule has 4 amide bonds. The summed E-state index contributed by atoms with van der Waals surface area (Å²) in [6, 6.07) is 4.91. The van der Waals surface area contributed by atoms with E-state index in [1.165, 1.54) is 4.90 Å². The number of sulfonamides is 1. The van der Waals surface area contributed by atoms with Crippen molar-refractivity contribution >= 4 is 44.6 Å². The van der Waals surface area contributed by atoms with Crippen molar-refractivity contribution in [2.45, 2.75) is 139 Å². The minimum absolute atomic E-state index is 0.0264. The van der Waals surface area contributed by atoms with E-state index in [9.17, 15) is 36.4 Å². The maximum absolute atomic E-state index is 14.9. The topological polar surface area (TPSA) is 182 Å². The van der Waals surface area contributed by atoms with Gasteiger partial charge in [0.15, 0.2) is 5.60 Å². The number of nitrogens with zero attached hydrogens (tertiary/aromatic N) is 2. The van der Waals surface area contributed by atoms with E-state index >= 15 is 0 Å². The number of hydrogen-bond donors (Lipinski definition) is 3. The first-order valence-electron chi connectivity index (χ1n) is 20.6. The summed E-state index contributed by atoms with van der Waals surface area (Å²) >= 11 is 0. The monoisotopic (exact) mass is 843 g/mol. The van der Waals surface area contributed by atoms with Crippen LogP contribution in [0.3, 0.4) is 0 Å². The number of ether oxygens (including phenoxy) is 3. The summed E-state index contributed by atoms with van der Waals surface area (Å²) in [7, 11) is -4.05. The maximum atomic E-state index is 14.9. The van der Waals surface area contributed by atoms with Crippen molar-refractivity contribution in [3.8, 4) is 11.6 Å². The van der Waals surface area contributed by atoms with Crippen molar-refractivity contribution in [1.82, 2.24) is 25.2 Å². The molecule has 1 aromatic heterocycles. The number of alkyl halides is 2. The molecule has 2 unspecified atom stereocenters. The van der Waals surface area contributed by atoms with Crippen LogP contribution < -0.4 is 24.8 Å². The van der Waals surface area contributed by atoms with Gasteiger partial charge in [-0.15, -0.1) is 0 Å². The fourth-order valence-corrected chi connectivity index (χ4v) is 9.64. The summed E-state index contributed by atoms with van der Waals surface area (Å²) in [4.78, 5) is 63.0. The number of pyridine rings is 1. The third kappa shape index (κ3) is 8.45. The summed E-state index contributed by atoms with van der Waals surface area (Å²) in [6.45, 7) is 8.53. The molecule has 7 rings (SSSR count). The molecular weight excluding hydrogens is 789 g/mol. The van der Waals surface area contributed by atoms with Crippen molar-refractivity contribution in [1.29, 1.82) is 0 Å². The highest BCUT2D eigenvalue weighted by Gasteiger charge is 2.63. The fraction of sp³-hybridized carbons (Fsp3) is 0.643. The zero-order valence-corrected chi connectivity index (χ0v) is 35.3. The molecule has 3 aliphatic heterocycles. The van der Waals surface area contributed by atoms with Gasteiger partial charge in [0.1, 0.15) is 29.5 Å². The molecule has 4 heterocycles. The van der Waals surface area contributed by atoms with Gasteiger partial charge in [-0.1, -0.05) is 44.2 Å². The largest absolute Gasteiger partial charge is 0.491 e. The number of nitrogens with one attached hydrogen (secondary N) is 3. The van der Waals surface area contributed by atoms with E-state index < -0.39 is 85.7 Å². The Labute approximate surface area is 343 Å². The number of aryl methyl sites for hydroxylation is 1. The van der Waals surface area contributed by atoms with Crippen molar-refractivity contribution in [2.75, 3.05) is 13.2 Å². The predicted molar refractivity (Wildman–Crippen MR) is 213 cm³/mol. The Hall–Kier alpha value is -4.54. The predicted octanol–water partition coefficient (Wildman–Crippen LogP) is 5.32. The lowest BCUT2D eigenvalue weighted by Crippen LogP contribution is -2.59. The van der Waals surface area contributed by atoms with Gasteiger partial charge in [0.2, 0.25) is 27.7 Å². The van der Waals surface area contributed by atoms with Gasteiger partial charge >= 0.3 is 6.09 Å². The molecule has 0 radical (unpaired) electrons. The molecule has 2 aromatic rings. The third-order valence-corrected chi connectivity index (χ3v) is 15.1. The molecule has 2 saturated carbocycles. The van der Waals surface area contributed by atoms with Crippen molar-refractivity contribution in [2.24, 2.45) is 17.8 Å². The summed E-state index contributed by atoms with van der Waals surface area (Å²) in [5.74, 6) is -5.72. The molecule has 1 saturated heterocycles. The first-order chi connectivity index (χ1) is 27.6. The van der Waals surface area contributed by atoms with Crippen LogP contribution in [-0.2, 0) is 35.6 Å². The molecule has 2 aliphatic carbocycles. The smallest absolute Gasteiger partial charge is 0.408 e. The van der Waals surface area contributed by atoms with Gasteiger partial charge < -0.3 is 29.7 Å². The van der Waals surface area contributed by atoms with Crippen molar-refractivity contribution in [3.05, 3.63) is 42.1 Å². The van der Waals surface area contributed by atoms with Crippen molar-refractivity contribution in [3.63, 3.8) is 0 Å². The average Bonchev–Trinajstić information content (AvgIpc) is 4.04. The maximum Gasteiger partial charge on any atom is 0.408 e. The van der Waals surface area contributed by atoms with Gasteiger partial charge in [-0.2, -0.15) is 0 Å². The van der Waals surface area contributed by atoms with E-state index in [1.54, 1.807) is 13.8 Å². The number of hydrogen-bond acceptors (Lipinski definition) is 10. The Kier molecular flexibility index (Phi) is 11.2. The van der Waals surface area contributed by atoms with Gasteiger partial charge in [0.25, 0.3) is 11.8 Å². The third-order valence-electron chi connectivity index (χ3n) is 12.9. The Bertz CT molecular complexity index is 2160. The van der Waals surface area contributed by atoms with Crippen molar-refractivity contribution < 1.29 is 50.6 Å². The number of amides is 4. The van der Waals surface area contributed by atoms with Gasteiger partial charge in [-0.05, 0) is 90.0 Å². The van der Waals surface area contributed by atoms with Crippen LogP contribution in [0.2, 0.25) is 0 Å². The van der Waals surface area contributed by atoms with Crippen LogP contribution in [-0.4, -0.2) is 95.3 Å². The van der Waals surface area contributed by atoms with Gasteiger partial charge in [-0.3, -0.25) is 19.1 Å². The van der Waals surface area contributed by atoms with E-state index in [0.29, 0.717) is 68.9 Å². The Balaban J connectivity index is 1.24. The average molecular weight is 844 g/mol. The SMILES string of the molecule is C[C@@H]1CC/C=C\C2C[C@@]2(C(=O)NS(=O)(=O)C2(C)CC2)NC(=O)[C@@H]2C[C@@H](Oc3nc4c(c5ccccc35)OCCC4)CN2C(=O)C(NC(=O)OC(C)(C)C(C)(F)F)[C@H](C)C1. The summed E-state index contributed by atoms with van der Waals surface area (Å²) in [6.07, 6.45) is 5.72. The second kappa shape index (κ2) is 15.5. The van der Waals surface area contributed by atoms with Gasteiger partial charge in [0, 0.05) is 30.0 Å². The molecule has 14 nitrogen and oxygen atoms in total. The Morgan fingerprint density at radius 3 is 2.49 bits per heavy atom.